The molecule has 3 rings (SSSR count). The third kappa shape index (κ3) is 4.97. The Morgan fingerprint density at radius 2 is 1.84 bits per heavy atom. The molecule has 0 saturated heterocycles. The minimum Gasteiger partial charge on any atom is -0.504 e. The normalized spacial score (nSPS) is 9.32. The van der Waals surface area contributed by atoms with Crippen LogP contribution in [0.5, 0.6) is 11.5 Å². The number of hydrogen-bond donors (Lipinski definition) is 2. The predicted molar refractivity (Wildman–Crippen MR) is 98.9 cm³/mol. The molecule has 0 atom stereocenters. The lowest BCUT2D eigenvalue weighted by Gasteiger charge is -2.07. The first-order valence-electron chi connectivity index (χ1n) is 8.20. The van der Waals surface area contributed by atoms with Crippen molar-refractivity contribution in [2.45, 2.75) is 27.7 Å². The van der Waals surface area contributed by atoms with E-state index in [0.29, 0.717) is 28.5 Å². The van der Waals surface area contributed by atoms with Crippen LogP contribution >= 0.6 is 0 Å². The van der Waals surface area contributed by atoms with Crippen molar-refractivity contribution in [2.75, 3.05) is 7.11 Å². The van der Waals surface area contributed by atoms with E-state index >= 15 is 0 Å². The molecule has 6 heteroatoms. The fourth-order valence-corrected chi connectivity index (χ4v) is 2.01. The number of methoxy groups -OCH3 is 1. The van der Waals surface area contributed by atoms with Gasteiger partial charge in [-0.1, -0.05) is 27.7 Å². The molecule has 25 heavy (non-hydrogen) atoms. The van der Waals surface area contributed by atoms with Crippen molar-refractivity contribution in [2.24, 2.45) is 0 Å². The monoisotopic (exact) mass is 344 g/mol. The molecule has 1 aromatic carbocycles. The summed E-state index contributed by atoms with van der Waals surface area (Å²) in [7, 11) is 1.46. The summed E-state index contributed by atoms with van der Waals surface area (Å²) in [5.41, 5.74) is 1.17. The van der Waals surface area contributed by atoms with Crippen molar-refractivity contribution in [1.82, 2.24) is 9.97 Å². The van der Waals surface area contributed by atoms with Gasteiger partial charge in [-0.3, -0.25) is 0 Å². The lowest BCUT2D eigenvalue weighted by Crippen LogP contribution is -2.11. The third-order valence-electron chi connectivity index (χ3n) is 3.01. The molecule has 0 aliphatic heterocycles. The highest BCUT2D eigenvalue weighted by Crippen LogP contribution is 2.31. The molecule has 0 bridgehead atoms. The first kappa shape index (κ1) is 20.0. The maximum absolute atomic E-state index is 11.7. The van der Waals surface area contributed by atoms with E-state index < -0.39 is 5.69 Å². The molecule has 0 radical (unpaired) electrons. The highest BCUT2D eigenvalue weighted by atomic mass is 16.5. The number of ether oxygens (including phenoxy) is 1. The second-order valence-electron chi connectivity index (χ2n) is 4.35. The highest BCUT2D eigenvalue weighted by molar-refractivity contribution is 5.67. The zero-order valence-corrected chi connectivity index (χ0v) is 15.2. The van der Waals surface area contributed by atoms with Gasteiger partial charge in [0.05, 0.1) is 24.8 Å². The molecule has 6 nitrogen and oxygen atoms in total. The fraction of sp³-hybridized carbons (Fsp3) is 0.263. The molecule has 2 heterocycles. The molecule has 0 amide bonds. The van der Waals surface area contributed by atoms with Gasteiger partial charge in [0.15, 0.2) is 11.5 Å². The molecule has 3 aromatic rings. The van der Waals surface area contributed by atoms with E-state index in [4.69, 9.17) is 9.15 Å². The summed E-state index contributed by atoms with van der Waals surface area (Å²) < 4.78 is 10.3. The second-order valence-corrected chi connectivity index (χ2v) is 4.35. The molecule has 0 fully saturated rings. The Morgan fingerprint density at radius 1 is 1.12 bits per heavy atom. The first-order valence-corrected chi connectivity index (χ1v) is 8.20. The zero-order chi connectivity index (χ0) is 18.8. The zero-order valence-electron chi connectivity index (χ0n) is 15.2. The summed E-state index contributed by atoms with van der Waals surface area (Å²) in [6, 6.07) is 9.94. The standard InChI is InChI=1S/C15H12N2O4.2C2H6/c1-20-14-7-9(4-5-12(14)18)10-8-11(17-15(19)16-10)13-3-2-6-21-13;2*1-2/h2-8,18H,1H3,(H,16,17,19);2*1-2H3. The molecule has 0 saturated carbocycles. The van der Waals surface area contributed by atoms with Gasteiger partial charge in [0.25, 0.3) is 0 Å². The van der Waals surface area contributed by atoms with Gasteiger partial charge in [0.1, 0.15) is 5.76 Å². The summed E-state index contributed by atoms with van der Waals surface area (Å²) in [6.07, 6.45) is 1.53. The van der Waals surface area contributed by atoms with E-state index in [-0.39, 0.29) is 5.75 Å². The maximum atomic E-state index is 11.7. The van der Waals surface area contributed by atoms with Crippen LogP contribution in [-0.4, -0.2) is 22.2 Å². The van der Waals surface area contributed by atoms with Crippen LogP contribution in [0, 0.1) is 0 Å². The van der Waals surface area contributed by atoms with Crippen molar-refractivity contribution < 1.29 is 14.3 Å². The number of nitrogens with one attached hydrogen (secondary N) is 1. The molecule has 2 N–H and O–H groups in total. The van der Waals surface area contributed by atoms with Gasteiger partial charge in [-0.05, 0) is 36.4 Å². The number of nitrogens with zero attached hydrogens (tertiary/aromatic N) is 1. The molecular formula is C19H24N2O4. The second kappa shape index (κ2) is 9.97. The predicted octanol–water partition coefficient (Wildman–Crippen LogP) is 4.46. The third-order valence-corrected chi connectivity index (χ3v) is 3.01. The largest absolute Gasteiger partial charge is 0.504 e. The molecule has 0 unspecified atom stereocenters. The first-order chi connectivity index (χ1) is 12.2. The number of H-pyrrole nitrogens is 1. The Balaban J connectivity index is 0.000000730. The fourth-order valence-electron chi connectivity index (χ4n) is 2.01. The van der Waals surface area contributed by atoms with Crippen LogP contribution in [0.15, 0.2) is 51.9 Å². The SMILES string of the molecule is CC.CC.COc1cc(-c2cc(-c3ccco3)[nH]c(=O)n2)ccc1O. The van der Waals surface area contributed by atoms with E-state index in [1.54, 1.807) is 30.3 Å². The Kier molecular flexibility index (Phi) is 7.99. The minimum atomic E-state index is -0.481. The van der Waals surface area contributed by atoms with E-state index in [9.17, 15) is 9.90 Å². The van der Waals surface area contributed by atoms with Gasteiger partial charge in [0, 0.05) is 5.56 Å². The average molecular weight is 344 g/mol. The average Bonchev–Trinajstić information content (AvgIpc) is 3.20. The summed E-state index contributed by atoms with van der Waals surface area (Å²) >= 11 is 0. The summed E-state index contributed by atoms with van der Waals surface area (Å²) in [6.45, 7) is 8.00. The highest BCUT2D eigenvalue weighted by Gasteiger charge is 2.10. The molecular weight excluding hydrogens is 320 g/mol. The number of aromatic amines is 1. The van der Waals surface area contributed by atoms with Gasteiger partial charge < -0.3 is 19.2 Å². The number of benzene rings is 1. The van der Waals surface area contributed by atoms with Gasteiger partial charge in [-0.25, -0.2) is 4.79 Å². The van der Waals surface area contributed by atoms with Crippen LogP contribution in [0.1, 0.15) is 27.7 Å². The number of hydrogen-bond acceptors (Lipinski definition) is 5. The molecule has 0 aliphatic carbocycles. The van der Waals surface area contributed by atoms with E-state index in [1.807, 2.05) is 27.7 Å². The van der Waals surface area contributed by atoms with E-state index in [2.05, 4.69) is 9.97 Å². The summed E-state index contributed by atoms with van der Waals surface area (Å²) in [5, 5.41) is 9.61. The molecule has 2 aromatic heterocycles. The van der Waals surface area contributed by atoms with Gasteiger partial charge in [0.2, 0.25) is 0 Å². The lowest BCUT2D eigenvalue weighted by molar-refractivity contribution is 0.373. The van der Waals surface area contributed by atoms with Gasteiger partial charge in [-0.2, -0.15) is 4.98 Å². The molecule has 0 aliphatic rings. The van der Waals surface area contributed by atoms with Crippen LogP contribution in [0.3, 0.4) is 0 Å². The van der Waals surface area contributed by atoms with Crippen LogP contribution in [0.25, 0.3) is 22.7 Å². The maximum Gasteiger partial charge on any atom is 0.346 e. The number of aromatic hydroxyl groups is 1. The smallest absolute Gasteiger partial charge is 0.346 e. The Labute approximate surface area is 147 Å². The molecule has 0 spiro atoms. The number of aromatic nitrogens is 2. The van der Waals surface area contributed by atoms with Crippen LogP contribution in [0.2, 0.25) is 0 Å². The molecule has 134 valence electrons. The van der Waals surface area contributed by atoms with Gasteiger partial charge >= 0.3 is 5.69 Å². The van der Waals surface area contributed by atoms with Crippen molar-refractivity contribution >= 4 is 0 Å². The van der Waals surface area contributed by atoms with Crippen LogP contribution < -0.4 is 10.4 Å². The summed E-state index contributed by atoms with van der Waals surface area (Å²) in [4.78, 5) is 18.3. The Morgan fingerprint density at radius 3 is 2.44 bits per heavy atom. The van der Waals surface area contributed by atoms with Gasteiger partial charge in [-0.15, -0.1) is 0 Å². The topological polar surface area (TPSA) is 88.4 Å². The quantitative estimate of drug-likeness (QED) is 0.732. The number of rotatable bonds is 3. The van der Waals surface area contributed by atoms with Crippen LogP contribution in [0.4, 0.5) is 0 Å². The van der Waals surface area contributed by atoms with Crippen LogP contribution in [-0.2, 0) is 0 Å². The Hall–Kier alpha value is -3.02. The van der Waals surface area contributed by atoms with Crippen molar-refractivity contribution in [3.63, 3.8) is 0 Å². The van der Waals surface area contributed by atoms with E-state index in [1.165, 1.54) is 19.4 Å². The van der Waals surface area contributed by atoms with E-state index in [0.717, 1.165) is 0 Å². The number of phenols is 1. The number of furan rings is 1. The minimum absolute atomic E-state index is 0.0253. The number of phenolic OH excluding ortho intramolecular Hbond substituents is 1. The lowest BCUT2D eigenvalue weighted by atomic mass is 10.1. The van der Waals surface area contributed by atoms with Crippen molar-refractivity contribution in [3.8, 4) is 34.2 Å². The Bertz CT molecular complexity index is 824. The summed E-state index contributed by atoms with van der Waals surface area (Å²) in [5.74, 6) is 0.882. The van der Waals surface area contributed by atoms with Crippen molar-refractivity contribution in [1.29, 1.82) is 0 Å². The van der Waals surface area contributed by atoms with Crippen molar-refractivity contribution in [3.05, 3.63) is 53.1 Å².